The Labute approximate surface area is 196 Å². The van der Waals surface area contributed by atoms with Gasteiger partial charge in [-0.25, -0.2) is 4.98 Å². The highest BCUT2D eigenvalue weighted by Crippen LogP contribution is 2.43. The van der Waals surface area contributed by atoms with Gasteiger partial charge in [-0.05, 0) is 80.5 Å². The SMILES string of the molecule is COC(=O)Cc1ccc2c(c1)nc(Nc1ccc(OC(C)C)cc1)n2C1CCCC(C)(C)C1. The van der Waals surface area contributed by atoms with Gasteiger partial charge in [0.1, 0.15) is 5.75 Å². The number of hydrogen-bond acceptors (Lipinski definition) is 5. The van der Waals surface area contributed by atoms with Gasteiger partial charge in [0.15, 0.2) is 0 Å². The van der Waals surface area contributed by atoms with E-state index in [0.717, 1.165) is 46.8 Å². The largest absolute Gasteiger partial charge is 0.491 e. The van der Waals surface area contributed by atoms with Crippen molar-refractivity contribution in [2.45, 2.75) is 71.9 Å². The molecule has 0 saturated heterocycles. The minimum atomic E-state index is -0.245. The zero-order valence-corrected chi connectivity index (χ0v) is 20.4. The Morgan fingerprint density at radius 2 is 1.97 bits per heavy atom. The summed E-state index contributed by atoms with van der Waals surface area (Å²) in [6, 6.07) is 14.5. The van der Waals surface area contributed by atoms with Crippen molar-refractivity contribution >= 4 is 28.6 Å². The maximum atomic E-state index is 11.8. The van der Waals surface area contributed by atoms with Crippen LogP contribution in [0, 0.1) is 5.41 Å². The molecule has 1 atom stereocenters. The van der Waals surface area contributed by atoms with Gasteiger partial charge < -0.3 is 19.4 Å². The highest BCUT2D eigenvalue weighted by molar-refractivity contribution is 5.82. The van der Waals surface area contributed by atoms with Crippen molar-refractivity contribution in [3.05, 3.63) is 48.0 Å². The van der Waals surface area contributed by atoms with Crippen LogP contribution >= 0.6 is 0 Å². The van der Waals surface area contributed by atoms with Gasteiger partial charge >= 0.3 is 5.97 Å². The van der Waals surface area contributed by atoms with Crippen LogP contribution < -0.4 is 10.1 Å². The Morgan fingerprint density at radius 3 is 2.64 bits per heavy atom. The van der Waals surface area contributed by atoms with E-state index in [-0.39, 0.29) is 18.5 Å². The van der Waals surface area contributed by atoms with E-state index in [1.54, 1.807) is 0 Å². The molecule has 0 bridgehead atoms. The van der Waals surface area contributed by atoms with Crippen molar-refractivity contribution in [1.82, 2.24) is 9.55 Å². The molecule has 1 unspecified atom stereocenters. The Bertz CT molecular complexity index is 1120. The fourth-order valence-corrected chi connectivity index (χ4v) is 4.85. The molecule has 1 aliphatic carbocycles. The molecule has 33 heavy (non-hydrogen) atoms. The number of anilines is 2. The van der Waals surface area contributed by atoms with Crippen LogP contribution in [-0.2, 0) is 16.0 Å². The van der Waals surface area contributed by atoms with Gasteiger partial charge in [0, 0.05) is 11.7 Å². The van der Waals surface area contributed by atoms with Gasteiger partial charge in [-0.15, -0.1) is 0 Å². The molecule has 1 aliphatic rings. The minimum Gasteiger partial charge on any atom is -0.491 e. The maximum absolute atomic E-state index is 11.8. The molecule has 4 rings (SSSR count). The predicted octanol–water partition coefficient (Wildman–Crippen LogP) is 6.42. The number of rotatable bonds is 7. The van der Waals surface area contributed by atoms with Crippen molar-refractivity contribution in [3.63, 3.8) is 0 Å². The lowest BCUT2D eigenvalue weighted by Crippen LogP contribution is -2.25. The number of ether oxygens (including phenoxy) is 2. The van der Waals surface area contributed by atoms with Crippen molar-refractivity contribution in [3.8, 4) is 5.75 Å². The normalized spacial score (nSPS) is 17.8. The number of aromatic nitrogens is 2. The number of methoxy groups -OCH3 is 1. The van der Waals surface area contributed by atoms with Gasteiger partial charge in [0.25, 0.3) is 0 Å². The van der Waals surface area contributed by atoms with E-state index in [2.05, 4.69) is 29.8 Å². The first kappa shape index (κ1) is 23.1. The number of benzene rings is 2. The van der Waals surface area contributed by atoms with Gasteiger partial charge in [0.05, 0.1) is 30.7 Å². The van der Waals surface area contributed by atoms with Crippen molar-refractivity contribution in [2.24, 2.45) is 5.41 Å². The van der Waals surface area contributed by atoms with E-state index < -0.39 is 0 Å². The third-order valence-corrected chi connectivity index (χ3v) is 6.36. The van der Waals surface area contributed by atoms with Crippen molar-refractivity contribution in [2.75, 3.05) is 12.4 Å². The molecule has 2 aromatic carbocycles. The first-order chi connectivity index (χ1) is 15.7. The highest BCUT2D eigenvalue weighted by atomic mass is 16.5. The van der Waals surface area contributed by atoms with Gasteiger partial charge in [-0.3, -0.25) is 4.79 Å². The summed E-state index contributed by atoms with van der Waals surface area (Å²) in [6.45, 7) is 8.75. The summed E-state index contributed by atoms with van der Waals surface area (Å²) >= 11 is 0. The van der Waals surface area contributed by atoms with E-state index in [1.165, 1.54) is 20.0 Å². The molecule has 6 heteroatoms. The summed E-state index contributed by atoms with van der Waals surface area (Å²) in [4.78, 5) is 16.7. The van der Waals surface area contributed by atoms with Gasteiger partial charge in [0.2, 0.25) is 5.95 Å². The van der Waals surface area contributed by atoms with Gasteiger partial charge in [-0.2, -0.15) is 0 Å². The number of nitrogens with one attached hydrogen (secondary N) is 1. The maximum Gasteiger partial charge on any atom is 0.309 e. The van der Waals surface area contributed by atoms with E-state index >= 15 is 0 Å². The van der Waals surface area contributed by atoms with Crippen molar-refractivity contribution in [1.29, 1.82) is 0 Å². The number of carbonyl (C=O) groups excluding carboxylic acids is 1. The Hall–Kier alpha value is -3.02. The zero-order valence-electron chi connectivity index (χ0n) is 20.4. The fourth-order valence-electron chi connectivity index (χ4n) is 4.85. The summed E-state index contributed by atoms with van der Waals surface area (Å²) in [5.74, 6) is 1.44. The lowest BCUT2D eigenvalue weighted by Gasteiger charge is -2.36. The number of esters is 1. The zero-order chi connectivity index (χ0) is 23.6. The number of nitrogens with zero attached hydrogens (tertiary/aromatic N) is 2. The lowest BCUT2D eigenvalue weighted by molar-refractivity contribution is -0.139. The molecule has 0 amide bonds. The quantitative estimate of drug-likeness (QED) is 0.421. The molecule has 6 nitrogen and oxygen atoms in total. The van der Waals surface area contributed by atoms with E-state index in [9.17, 15) is 4.79 Å². The smallest absolute Gasteiger partial charge is 0.309 e. The first-order valence-electron chi connectivity index (χ1n) is 11.9. The van der Waals surface area contributed by atoms with Gasteiger partial charge in [-0.1, -0.05) is 26.3 Å². The second-order valence-corrected chi connectivity index (χ2v) is 10.1. The molecule has 1 aromatic heterocycles. The molecule has 1 saturated carbocycles. The number of fused-ring (bicyclic) bond motifs is 1. The van der Waals surface area contributed by atoms with E-state index in [0.29, 0.717) is 11.5 Å². The summed E-state index contributed by atoms with van der Waals surface area (Å²) in [5, 5.41) is 3.54. The summed E-state index contributed by atoms with van der Waals surface area (Å²) < 4.78 is 13.0. The minimum absolute atomic E-state index is 0.141. The van der Waals surface area contributed by atoms with E-state index in [4.69, 9.17) is 14.5 Å². The fraction of sp³-hybridized carbons (Fsp3) is 0.481. The van der Waals surface area contributed by atoms with E-state index in [1.807, 2.05) is 50.2 Å². The molecule has 176 valence electrons. The Balaban J connectivity index is 1.70. The monoisotopic (exact) mass is 449 g/mol. The second-order valence-electron chi connectivity index (χ2n) is 10.1. The third kappa shape index (κ3) is 5.49. The van der Waals surface area contributed by atoms with Crippen LogP contribution in [0.4, 0.5) is 11.6 Å². The average molecular weight is 450 g/mol. The average Bonchev–Trinajstić information content (AvgIpc) is 3.11. The topological polar surface area (TPSA) is 65.4 Å². The standard InChI is InChI=1S/C27H35N3O3/c1-18(2)33-22-11-9-20(10-12-22)28-26-29-23-15-19(16-25(31)32-5)8-13-24(23)30(26)21-7-6-14-27(3,4)17-21/h8-13,15,18,21H,6-7,14,16-17H2,1-5H3,(H,28,29). The molecular weight excluding hydrogens is 414 g/mol. The van der Waals surface area contributed by atoms with Crippen LogP contribution in [0.15, 0.2) is 42.5 Å². The summed E-state index contributed by atoms with van der Waals surface area (Å²) in [7, 11) is 1.42. The Morgan fingerprint density at radius 1 is 1.21 bits per heavy atom. The lowest BCUT2D eigenvalue weighted by atomic mass is 9.75. The molecule has 3 aromatic rings. The number of hydrogen-bond donors (Lipinski definition) is 1. The molecule has 0 radical (unpaired) electrons. The molecule has 1 N–H and O–H groups in total. The Kier molecular flexibility index (Phi) is 6.63. The molecule has 1 heterocycles. The molecular formula is C27H35N3O3. The number of carbonyl (C=O) groups is 1. The van der Waals surface area contributed by atoms with Crippen LogP contribution in [0.25, 0.3) is 11.0 Å². The molecule has 0 spiro atoms. The highest BCUT2D eigenvalue weighted by Gasteiger charge is 2.31. The first-order valence-corrected chi connectivity index (χ1v) is 11.9. The second kappa shape index (κ2) is 9.46. The van der Waals surface area contributed by atoms with Crippen LogP contribution in [0.3, 0.4) is 0 Å². The molecule has 0 aliphatic heterocycles. The van der Waals surface area contributed by atoms with Crippen LogP contribution in [-0.4, -0.2) is 28.7 Å². The van der Waals surface area contributed by atoms with Crippen LogP contribution in [0.1, 0.15) is 65.0 Å². The van der Waals surface area contributed by atoms with Crippen LogP contribution in [0.2, 0.25) is 0 Å². The van der Waals surface area contributed by atoms with Crippen molar-refractivity contribution < 1.29 is 14.3 Å². The summed E-state index contributed by atoms with van der Waals surface area (Å²) in [6.07, 6.45) is 5.09. The summed E-state index contributed by atoms with van der Waals surface area (Å²) in [5.41, 5.74) is 4.16. The predicted molar refractivity (Wildman–Crippen MR) is 132 cm³/mol. The molecule has 1 fully saturated rings. The third-order valence-electron chi connectivity index (χ3n) is 6.36. The number of imidazole rings is 1. The van der Waals surface area contributed by atoms with Crippen LogP contribution in [0.5, 0.6) is 5.75 Å².